The molecular weight excluding hydrogens is 220 g/mol. The van der Waals surface area contributed by atoms with Gasteiger partial charge in [0.2, 0.25) is 5.91 Å². The SMILES string of the molecule is CCC1(C(=O)N(C)CC(O)COC)CCCN1. The Morgan fingerprint density at radius 1 is 1.65 bits per heavy atom. The van der Waals surface area contributed by atoms with Crippen molar-refractivity contribution in [3.05, 3.63) is 0 Å². The molecule has 1 fully saturated rings. The Bertz CT molecular complexity index is 252. The number of hydrogen-bond donors (Lipinski definition) is 2. The first kappa shape index (κ1) is 14.4. The van der Waals surface area contributed by atoms with Crippen molar-refractivity contribution in [2.45, 2.75) is 37.8 Å². The molecular formula is C12H24N2O3. The van der Waals surface area contributed by atoms with Gasteiger partial charge in [0.05, 0.1) is 18.2 Å². The highest BCUT2D eigenvalue weighted by atomic mass is 16.5. The minimum atomic E-state index is -0.621. The second-order valence-electron chi connectivity index (χ2n) is 4.76. The molecule has 17 heavy (non-hydrogen) atoms. The molecule has 0 aliphatic carbocycles. The van der Waals surface area contributed by atoms with Crippen LogP contribution in [0, 0.1) is 0 Å². The Balaban J connectivity index is 2.55. The van der Waals surface area contributed by atoms with E-state index in [-0.39, 0.29) is 12.5 Å². The van der Waals surface area contributed by atoms with Crippen LogP contribution in [-0.4, -0.2) is 61.4 Å². The molecule has 2 N–H and O–H groups in total. The summed E-state index contributed by atoms with van der Waals surface area (Å²) in [7, 11) is 3.27. The number of amides is 1. The highest BCUT2D eigenvalue weighted by molar-refractivity contribution is 5.86. The van der Waals surface area contributed by atoms with Gasteiger partial charge in [-0.15, -0.1) is 0 Å². The zero-order valence-corrected chi connectivity index (χ0v) is 11.0. The van der Waals surface area contributed by atoms with E-state index < -0.39 is 11.6 Å². The molecule has 0 aromatic heterocycles. The number of carbonyl (C=O) groups is 1. The standard InChI is InChI=1S/C12H24N2O3/c1-4-12(6-5-7-13-12)11(16)14(2)8-10(15)9-17-3/h10,13,15H,4-9H2,1-3H3. The monoisotopic (exact) mass is 244 g/mol. The molecule has 1 aliphatic rings. The molecule has 1 heterocycles. The Hall–Kier alpha value is -0.650. The summed E-state index contributed by atoms with van der Waals surface area (Å²) in [4.78, 5) is 14.0. The van der Waals surface area contributed by atoms with E-state index in [1.165, 1.54) is 7.11 Å². The van der Waals surface area contributed by atoms with E-state index in [9.17, 15) is 9.90 Å². The topological polar surface area (TPSA) is 61.8 Å². The first-order valence-corrected chi connectivity index (χ1v) is 6.23. The summed E-state index contributed by atoms with van der Waals surface area (Å²) < 4.78 is 4.86. The number of aliphatic hydroxyl groups is 1. The lowest BCUT2D eigenvalue weighted by molar-refractivity contribution is -0.138. The summed E-state index contributed by atoms with van der Waals surface area (Å²) in [6.07, 6.45) is 2.08. The van der Waals surface area contributed by atoms with Crippen LogP contribution < -0.4 is 5.32 Å². The fraction of sp³-hybridized carbons (Fsp3) is 0.917. The summed E-state index contributed by atoms with van der Waals surface area (Å²) in [5.41, 5.74) is -0.415. The molecule has 1 rings (SSSR count). The number of rotatable bonds is 6. The molecule has 5 nitrogen and oxygen atoms in total. The van der Waals surface area contributed by atoms with Gasteiger partial charge in [0.25, 0.3) is 0 Å². The molecule has 100 valence electrons. The van der Waals surface area contributed by atoms with E-state index >= 15 is 0 Å². The molecule has 0 aromatic rings. The molecule has 1 saturated heterocycles. The smallest absolute Gasteiger partial charge is 0.242 e. The van der Waals surface area contributed by atoms with Gasteiger partial charge in [-0.05, 0) is 25.8 Å². The molecule has 1 amide bonds. The van der Waals surface area contributed by atoms with Gasteiger partial charge in [0.15, 0.2) is 0 Å². The molecule has 0 aromatic carbocycles. The summed E-state index contributed by atoms with van der Waals surface area (Å²) in [6, 6.07) is 0. The summed E-state index contributed by atoms with van der Waals surface area (Å²) in [6.45, 7) is 3.49. The van der Waals surface area contributed by atoms with Gasteiger partial charge in [-0.25, -0.2) is 0 Å². The van der Waals surface area contributed by atoms with Crippen LogP contribution in [0.2, 0.25) is 0 Å². The van der Waals surface area contributed by atoms with Crippen LogP contribution in [0.1, 0.15) is 26.2 Å². The van der Waals surface area contributed by atoms with Crippen molar-refractivity contribution in [1.29, 1.82) is 0 Å². The van der Waals surface area contributed by atoms with Crippen LogP contribution in [0.5, 0.6) is 0 Å². The fourth-order valence-corrected chi connectivity index (χ4v) is 2.45. The molecule has 2 atom stereocenters. The Kier molecular flexibility index (Phi) is 5.36. The van der Waals surface area contributed by atoms with Crippen molar-refractivity contribution in [3.8, 4) is 0 Å². The van der Waals surface area contributed by atoms with Crippen molar-refractivity contribution < 1.29 is 14.6 Å². The summed E-state index contributed by atoms with van der Waals surface area (Å²) in [5, 5.41) is 12.9. The fourth-order valence-electron chi connectivity index (χ4n) is 2.45. The third-order valence-electron chi connectivity index (χ3n) is 3.45. The number of methoxy groups -OCH3 is 1. The van der Waals surface area contributed by atoms with E-state index in [4.69, 9.17) is 4.74 Å². The van der Waals surface area contributed by atoms with Crippen molar-refractivity contribution >= 4 is 5.91 Å². The van der Waals surface area contributed by atoms with E-state index in [1.54, 1.807) is 11.9 Å². The lowest BCUT2D eigenvalue weighted by Crippen LogP contribution is -2.54. The van der Waals surface area contributed by atoms with Crippen LogP contribution in [0.25, 0.3) is 0 Å². The quantitative estimate of drug-likeness (QED) is 0.689. The Morgan fingerprint density at radius 3 is 2.82 bits per heavy atom. The largest absolute Gasteiger partial charge is 0.389 e. The highest BCUT2D eigenvalue weighted by Crippen LogP contribution is 2.25. The average molecular weight is 244 g/mol. The molecule has 0 saturated carbocycles. The first-order valence-electron chi connectivity index (χ1n) is 6.23. The third kappa shape index (κ3) is 3.40. The maximum absolute atomic E-state index is 12.3. The lowest BCUT2D eigenvalue weighted by Gasteiger charge is -2.32. The predicted octanol–water partition coefficient (Wildman–Crippen LogP) is -0.0157. The minimum Gasteiger partial charge on any atom is -0.389 e. The van der Waals surface area contributed by atoms with Gasteiger partial charge in [0, 0.05) is 20.7 Å². The number of nitrogens with one attached hydrogen (secondary N) is 1. The van der Waals surface area contributed by atoms with E-state index in [2.05, 4.69) is 5.32 Å². The van der Waals surface area contributed by atoms with E-state index in [0.717, 1.165) is 25.8 Å². The van der Waals surface area contributed by atoms with Crippen molar-refractivity contribution in [3.63, 3.8) is 0 Å². The minimum absolute atomic E-state index is 0.0765. The number of hydrogen-bond acceptors (Lipinski definition) is 4. The number of likely N-dealkylation sites (N-methyl/N-ethyl adjacent to an activating group) is 1. The van der Waals surface area contributed by atoms with Crippen molar-refractivity contribution in [2.24, 2.45) is 0 Å². The number of nitrogens with zero attached hydrogens (tertiary/aromatic N) is 1. The number of ether oxygens (including phenoxy) is 1. The Labute approximate surface area is 103 Å². The van der Waals surface area contributed by atoms with Crippen molar-refractivity contribution in [2.75, 3.05) is 33.9 Å². The highest BCUT2D eigenvalue weighted by Gasteiger charge is 2.40. The Morgan fingerprint density at radius 2 is 2.35 bits per heavy atom. The molecule has 0 spiro atoms. The predicted molar refractivity (Wildman–Crippen MR) is 65.8 cm³/mol. The molecule has 5 heteroatoms. The second kappa shape index (κ2) is 6.33. The van der Waals surface area contributed by atoms with E-state index in [1.807, 2.05) is 6.92 Å². The van der Waals surface area contributed by atoms with Crippen LogP contribution in [0.15, 0.2) is 0 Å². The van der Waals surface area contributed by atoms with Crippen LogP contribution in [0.3, 0.4) is 0 Å². The molecule has 2 unspecified atom stereocenters. The maximum Gasteiger partial charge on any atom is 0.242 e. The van der Waals surface area contributed by atoms with E-state index in [0.29, 0.717) is 6.54 Å². The second-order valence-corrected chi connectivity index (χ2v) is 4.76. The van der Waals surface area contributed by atoms with Gasteiger partial charge in [-0.2, -0.15) is 0 Å². The van der Waals surface area contributed by atoms with Crippen LogP contribution in [0.4, 0.5) is 0 Å². The molecule has 0 bridgehead atoms. The number of carbonyl (C=O) groups excluding carboxylic acids is 1. The van der Waals surface area contributed by atoms with Crippen LogP contribution >= 0.6 is 0 Å². The van der Waals surface area contributed by atoms with Crippen molar-refractivity contribution in [1.82, 2.24) is 10.2 Å². The van der Waals surface area contributed by atoms with Gasteiger partial charge in [0.1, 0.15) is 0 Å². The van der Waals surface area contributed by atoms with Crippen LogP contribution in [-0.2, 0) is 9.53 Å². The lowest BCUT2D eigenvalue weighted by atomic mass is 9.92. The normalized spacial score (nSPS) is 25.9. The summed E-state index contributed by atoms with van der Waals surface area (Å²) >= 11 is 0. The number of aliphatic hydroxyl groups excluding tert-OH is 1. The van der Waals surface area contributed by atoms with Gasteiger partial charge in [-0.1, -0.05) is 6.92 Å². The van der Waals surface area contributed by atoms with Gasteiger partial charge in [-0.3, -0.25) is 4.79 Å². The maximum atomic E-state index is 12.3. The zero-order valence-electron chi connectivity index (χ0n) is 11.0. The molecule has 1 aliphatic heterocycles. The average Bonchev–Trinajstić information content (AvgIpc) is 2.78. The third-order valence-corrected chi connectivity index (χ3v) is 3.45. The first-order chi connectivity index (χ1) is 8.05. The van der Waals surface area contributed by atoms with Gasteiger partial charge >= 0.3 is 0 Å². The zero-order chi connectivity index (χ0) is 12.9. The summed E-state index contributed by atoms with van der Waals surface area (Å²) in [5.74, 6) is 0.0765. The molecule has 0 radical (unpaired) electrons. The van der Waals surface area contributed by atoms with Gasteiger partial charge < -0.3 is 20.1 Å².